The van der Waals surface area contributed by atoms with Gasteiger partial charge in [-0.3, -0.25) is 4.79 Å². The Morgan fingerprint density at radius 1 is 1.17 bits per heavy atom. The molecule has 1 aliphatic rings. The molecule has 1 aromatic heterocycles. The van der Waals surface area contributed by atoms with Crippen LogP contribution in [0.5, 0.6) is 6.01 Å². The van der Waals surface area contributed by atoms with Gasteiger partial charge in [0.2, 0.25) is 5.91 Å². The number of hydrogen-bond acceptors (Lipinski definition) is 4. The number of aryl methyl sites for hydroxylation is 1. The molecule has 5 nitrogen and oxygen atoms in total. The number of primary amides is 1. The van der Waals surface area contributed by atoms with E-state index in [0.717, 1.165) is 35.4 Å². The van der Waals surface area contributed by atoms with Crippen LogP contribution in [0.4, 0.5) is 0 Å². The van der Waals surface area contributed by atoms with Gasteiger partial charge in [-0.25, -0.2) is 4.98 Å². The van der Waals surface area contributed by atoms with Gasteiger partial charge in [-0.2, -0.15) is 4.98 Å². The first kappa shape index (κ1) is 16.4. The largest absolute Gasteiger partial charge is 0.460 e. The zero-order valence-electron chi connectivity index (χ0n) is 14.0. The van der Waals surface area contributed by atoms with Crippen LogP contribution in [-0.4, -0.2) is 22.0 Å². The molecule has 0 radical (unpaired) electrons. The van der Waals surface area contributed by atoms with Gasteiger partial charge in [0, 0.05) is 12.1 Å². The van der Waals surface area contributed by atoms with Crippen LogP contribution in [0.25, 0.3) is 0 Å². The van der Waals surface area contributed by atoms with Crippen LogP contribution in [0, 0.1) is 6.92 Å². The highest BCUT2D eigenvalue weighted by atomic mass is 16.5. The number of hydrogen-bond donors (Lipinski definition) is 1. The van der Waals surface area contributed by atoms with Crippen molar-refractivity contribution in [2.24, 2.45) is 5.73 Å². The molecule has 1 heterocycles. The zero-order valence-corrected chi connectivity index (χ0v) is 14.0. The number of carbonyl (C=O) groups is 1. The molecule has 0 aliphatic heterocycles. The molecule has 0 atom stereocenters. The molecule has 1 aromatic carbocycles. The van der Waals surface area contributed by atoms with Gasteiger partial charge in [0.15, 0.2) is 0 Å². The molecule has 0 bridgehead atoms. The lowest BCUT2D eigenvalue weighted by atomic mass is 10.1. The first-order valence-corrected chi connectivity index (χ1v) is 8.46. The number of benzene rings is 1. The van der Waals surface area contributed by atoms with E-state index in [1.165, 1.54) is 12.8 Å². The van der Waals surface area contributed by atoms with Gasteiger partial charge in [-0.1, -0.05) is 24.3 Å². The van der Waals surface area contributed by atoms with Gasteiger partial charge < -0.3 is 10.5 Å². The van der Waals surface area contributed by atoms with E-state index in [9.17, 15) is 4.79 Å². The fourth-order valence-electron chi connectivity index (χ4n) is 3.09. The van der Waals surface area contributed by atoms with Crippen molar-refractivity contribution in [3.63, 3.8) is 0 Å². The normalized spacial score (nSPS) is 14.7. The molecular weight excluding hydrogens is 302 g/mol. The molecule has 1 aliphatic carbocycles. The molecule has 1 amide bonds. The topological polar surface area (TPSA) is 78.1 Å². The van der Waals surface area contributed by atoms with Crippen LogP contribution in [-0.2, 0) is 17.6 Å². The van der Waals surface area contributed by atoms with Crippen LogP contribution in [0.15, 0.2) is 30.3 Å². The number of ether oxygens (including phenoxy) is 1. The second-order valence-electron chi connectivity index (χ2n) is 6.44. The molecule has 0 unspecified atom stereocenters. The van der Waals surface area contributed by atoms with E-state index in [2.05, 4.69) is 9.97 Å². The zero-order chi connectivity index (χ0) is 16.9. The van der Waals surface area contributed by atoms with E-state index < -0.39 is 0 Å². The maximum atomic E-state index is 11.0. The average Bonchev–Trinajstić information content (AvgIpc) is 3.01. The molecule has 0 saturated heterocycles. The van der Waals surface area contributed by atoms with Crippen molar-refractivity contribution in [1.29, 1.82) is 0 Å². The second kappa shape index (κ2) is 7.43. The molecule has 126 valence electrons. The molecule has 2 aromatic rings. The summed E-state index contributed by atoms with van der Waals surface area (Å²) >= 11 is 0. The number of nitrogens with zero attached hydrogens (tertiary/aromatic N) is 2. The Hall–Kier alpha value is -2.43. The quantitative estimate of drug-likeness (QED) is 0.886. The standard InChI is InChI=1S/C19H23N3O2/c1-13-10-16(22-19(21-13)24-17-4-2-3-5-17)11-14-6-8-15(9-7-14)12-18(20)23/h6-10,17H,2-5,11-12H2,1H3,(H2,20,23). The van der Waals surface area contributed by atoms with Crippen molar-refractivity contribution < 1.29 is 9.53 Å². The number of carbonyl (C=O) groups excluding carboxylic acids is 1. The smallest absolute Gasteiger partial charge is 0.317 e. The fourth-order valence-corrected chi connectivity index (χ4v) is 3.09. The fraction of sp³-hybridized carbons (Fsp3) is 0.421. The summed E-state index contributed by atoms with van der Waals surface area (Å²) in [6.07, 6.45) is 5.87. The number of rotatable bonds is 6. The van der Waals surface area contributed by atoms with Crippen molar-refractivity contribution in [3.8, 4) is 6.01 Å². The Balaban J connectivity index is 1.69. The summed E-state index contributed by atoms with van der Waals surface area (Å²) in [5.74, 6) is -0.317. The van der Waals surface area contributed by atoms with Crippen molar-refractivity contribution in [2.45, 2.75) is 51.6 Å². The lowest BCUT2D eigenvalue weighted by Crippen LogP contribution is -2.14. The van der Waals surface area contributed by atoms with Gasteiger partial charge in [-0.15, -0.1) is 0 Å². The molecule has 3 rings (SSSR count). The summed E-state index contributed by atoms with van der Waals surface area (Å²) in [6, 6.07) is 10.4. The van der Waals surface area contributed by atoms with Crippen molar-refractivity contribution in [1.82, 2.24) is 9.97 Å². The molecule has 0 spiro atoms. The van der Waals surface area contributed by atoms with Gasteiger partial charge in [0.05, 0.1) is 12.1 Å². The minimum absolute atomic E-state index is 0.257. The molecular formula is C19H23N3O2. The Morgan fingerprint density at radius 2 is 1.83 bits per heavy atom. The predicted octanol–water partition coefficient (Wildman–Crippen LogP) is 2.73. The first-order chi connectivity index (χ1) is 11.6. The summed E-state index contributed by atoms with van der Waals surface area (Å²) in [5.41, 5.74) is 9.13. The van der Waals surface area contributed by atoms with Gasteiger partial charge in [-0.05, 0) is 49.8 Å². The molecule has 24 heavy (non-hydrogen) atoms. The Kier molecular flexibility index (Phi) is 5.08. The molecule has 2 N–H and O–H groups in total. The summed E-state index contributed by atoms with van der Waals surface area (Å²) in [7, 11) is 0. The Labute approximate surface area is 142 Å². The van der Waals surface area contributed by atoms with Crippen molar-refractivity contribution in [2.75, 3.05) is 0 Å². The third kappa shape index (κ3) is 4.54. The maximum Gasteiger partial charge on any atom is 0.317 e. The SMILES string of the molecule is Cc1cc(Cc2ccc(CC(N)=O)cc2)nc(OC2CCCC2)n1. The van der Waals surface area contributed by atoms with Gasteiger partial charge in [0.25, 0.3) is 0 Å². The minimum atomic E-state index is -0.317. The summed E-state index contributed by atoms with van der Waals surface area (Å²) in [4.78, 5) is 19.9. The van der Waals surface area contributed by atoms with Crippen LogP contribution in [0.3, 0.4) is 0 Å². The second-order valence-corrected chi connectivity index (χ2v) is 6.44. The number of aromatic nitrogens is 2. The van der Waals surface area contributed by atoms with Crippen LogP contribution >= 0.6 is 0 Å². The van der Waals surface area contributed by atoms with Gasteiger partial charge in [0.1, 0.15) is 6.10 Å². The lowest BCUT2D eigenvalue weighted by Gasteiger charge is -2.12. The molecule has 1 fully saturated rings. The van der Waals surface area contributed by atoms with Crippen LogP contribution in [0.1, 0.15) is 48.2 Å². The first-order valence-electron chi connectivity index (χ1n) is 8.46. The van der Waals surface area contributed by atoms with E-state index in [0.29, 0.717) is 12.4 Å². The molecule has 5 heteroatoms. The van der Waals surface area contributed by atoms with E-state index in [1.807, 2.05) is 37.3 Å². The summed E-state index contributed by atoms with van der Waals surface area (Å²) in [5, 5.41) is 0. The summed E-state index contributed by atoms with van der Waals surface area (Å²) < 4.78 is 5.92. The third-order valence-electron chi connectivity index (χ3n) is 4.25. The highest BCUT2D eigenvalue weighted by Gasteiger charge is 2.18. The van der Waals surface area contributed by atoms with E-state index in [4.69, 9.17) is 10.5 Å². The van der Waals surface area contributed by atoms with Gasteiger partial charge >= 0.3 is 6.01 Å². The predicted molar refractivity (Wildman–Crippen MR) is 91.8 cm³/mol. The highest BCUT2D eigenvalue weighted by Crippen LogP contribution is 2.22. The Morgan fingerprint density at radius 3 is 2.50 bits per heavy atom. The van der Waals surface area contributed by atoms with Crippen molar-refractivity contribution >= 4 is 5.91 Å². The minimum Gasteiger partial charge on any atom is -0.460 e. The highest BCUT2D eigenvalue weighted by molar-refractivity contribution is 5.76. The molecule has 1 saturated carbocycles. The summed E-state index contributed by atoms with van der Waals surface area (Å²) in [6.45, 7) is 1.96. The van der Waals surface area contributed by atoms with Crippen LogP contribution in [0.2, 0.25) is 0 Å². The number of amides is 1. The lowest BCUT2D eigenvalue weighted by molar-refractivity contribution is -0.117. The average molecular weight is 325 g/mol. The van der Waals surface area contributed by atoms with E-state index in [-0.39, 0.29) is 18.4 Å². The monoisotopic (exact) mass is 325 g/mol. The van der Waals surface area contributed by atoms with E-state index >= 15 is 0 Å². The number of nitrogens with two attached hydrogens (primary N) is 1. The van der Waals surface area contributed by atoms with Crippen LogP contribution < -0.4 is 10.5 Å². The third-order valence-corrected chi connectivity index (χ3v) is 4.25. The van der Waals surface area contributed by atoms with E-state index in [1.54, 1.807) is 0 Å². The maximum absolute atomic E-state index is 11.0. The van der Waals surface area contributed by atoms with Crippen molar-refractivity contribution in [3.05, 3.63) is 52.8 Å². The Bertz CT molecular complexity index is 707.